The normalized spacial score (nSPS) is 36.0. The second-order valence-corrected chi connectivity index (χ2v) is 6.60. The topological polar surface area (TPSA) is 29.1 Å². The van der Waals surface area contributed by atoms with Gasteiger partial charge in [0.25, 0.3) is 0 Å². The van der Waals surface area contributed by atoms with Gasteiger partial charge in [0.05, 0.1) is 5.92 Å². The minimum Gasteiger partial charge on any atom is -0.353 e. The monoisotopic (exact) mass is 277 g/mol. The van der Waals surface area contributed by atoms with E-state index in [1.165, 1.54) is 0 Å². The van der Waals surface area contributed by atoms with Crippen molar-refractivity contribution in [1.29, 1.82) is 0 Å². The number of alkyl halides is 3. The van der Waals surface area contributed by atoms with Crippen LogP contribution in [0, 0.1) is 17.3 Å². The number of nitrogens with one attached hydrogen (secondary N) is 1. The third kappa shape index (κ3) is 3.06. The van der Waals surface area contributed by atoms with Gasteiger partial charge in [-0.2, -0.15) is 13.2 Å². The van der Waals surface area contributed by atoms with Crippen LogP contribution >= 0.6 is 0 Å². The molecule has 2 nitrogen and oxygen atoms in total. The molecule has 5 heteroatoms. The van der Waals surface area contributed by atoms with Crippen LogP contribution in [0.25, 0.3) is 0 Å². The van der Waals surface area contributed by atoms with E-state index in [0.29, 0.717) is 25.2 Å². The maximum atomic E-state index is 12.7. The zero-order valence-corrected chi connectivity index (χ0v) is 11.5. The first kappa shape index (κ1) is 14.7. The third-order valence-electron chi connectivity index (χ3n) is 4.74. The minimum atomic E-state index is -4.08. The lowest BCUT2D eigenvalue weighted by molar-refractivity contribution is -0.188. The molecule has 1 N–H and O–H groups in total. The van der Waals surface area contributed by atoms with Crippen LogP contribution in [0.5, 0.6) is 0 Å². The summed E-state index contributed by atoms with van der Waals surface area (Å²) < 4.78 is 38.2. The maximum absolute atomic E-state index is 12.7. The van der Waals surface area contributed by atoms with Crippen molar-refractivity contribution in [2.24, 2.45) is 17.3 Å². The van der Waals surface area contributed by atoms with Crippen LogP contribution in [0.15, 0.2) is 0 Å². The van der Waals surface area contributed by atoms with Gasteiger partial charge >= 0.3 is 6.18 Å². The first-order valence-electron chi connectivity index (χ1n) is 7.09. The highest BCUT2D eigenvalue weighted by molar-refractivity contribution is 5.80. The highest BCUT2D eigenvalue weighted by atomic mass is 19.4. The molecule has 1 saturated heterocycles. The fraction of sp³-hybridized carbons (Fsp3) is 0.929. The van der Waals surface area contributed by atoms with Crippen molar-refractivity contribution < 1.29 is 18.0 Å². The summed E-state index contributed by atoms with van der Waals surface area (Å²) in [6.07, 6.45) is -1.41. The van der Waals surface area contributed by atoms with Gasteiger partial charge in [-0.1, -0.05) is 13.8 Å². The lowest BCUT2D eigenvalue weighted by Crippen LogP contribution is -2.42. The van der Waals surface area contributed by atoms with Crippen molar-refractivity contribution in [3.63, 3.8) is 0 Å². The van der Waals surface area contributed by atoms with Gasteiger partial charge in [0.15, 0.2) is 0 Å². The Morgan fingerprint density at radius 1 is 1.32 bits per heavy atom. The van der Waals surface area contributed by atoms with E-state index in [9.17, 15) is 18.0 Å². The predicted octanol–water partition coefficient (Wildman–Crippen LogP) is 3.66. The van der Waals surface area contributed by atoms with Gasteiger partial charge in [0.1, 0.15) is 0 Å². The Bertz CT molecular complexity index is 343. The molecule has 1 saturated carbocycles. The number of hydrogen-bond donors (Lipinski definition) is 1. The molecule has 0 radical (unpaired) electrons. The summed E-state index contributed by atoms with van der Waals surface area (Å²) in [5.74, 6) is -0.717. The van der Waals surface area contributed by atoms with E-state index in [0.717, 1.165) is 6.42 Å². The molecular formula is C14H22F3NO. The van der Waals surface area contributed by atoms with Crippen molar-refractivity contribution in [3.05, 3.63) is 0 Å². The summed E-state index contributed by atoms with van der Waals surface area (Å²) in [6, 6.07) is 0.0641. The molecule has 1 aliphatic heterocycles. The van der Waals surface area contributed by atoms with Crippen LogP contribution in [0.3, 0.4) is 0 Å². The molecule has 0 aromatic heterocycles. The Labute approximate surface area is 112 Å². The molecule has 1 aliphatic carbocycles. The number of amides is 1. The number of carbonyl (C=O) groups is 1. The smallest absolute Gasteiger partial charge is 0.353 e. The molecule has 1 heterocycles. The van der Waals surface area contributed by atoms with Crippen LogP contribution in [0.2, 0.25) is 0 Å². The first-order valence-corrected chi connectivity index (χ1v) is 7.09. The predicted molar refractivity (Wildman–Crippen MR) is 66.4 cm³/mol. The second kappa shape index (κ2) is 4.98. The van der Waals surface area contributed by atoms with E-state index in [1.54, 1.807) is 0 Å². The summed E-state index contributed by atoms with van der Waals surface area (Å²) in [4.78, 5) is 11.7. The lowest BCUT2D eigenvalue weighted by Gasteiger charge is -2.41. The van der Waals surface area contributed by atoms with E-state index in [4.69, 9.17) is 0 Å². The summed E-state index contributed by atoms with van der Waals surface area (Å²) in [7, 11) is 0. The van der Waals surface area contributed by atoms with E-state index >= 15 is 0 Å². The highest BCUT2D eigenvalue weighted by Crippen LogP contribution is 2.51. The van der Waals surface area contributed by atoms with E-state index < -0.39 is 12.1 Å². The summed E-state index contributed by atoms with van der Waals surface area (Å²) in [5, 5.41) is 2.98. The van der Waals surface area contributed by atoms with Crippen molar-refractivity contribution in [2.45, 2.75) is 64.6 Å². The van der Waals surface area contributed by atoms with Crippen LogP contribution in [0.1, 0.15) is 52.4 Å². The lowest BCUT2D eigenvalue weighted by atomic mass is 9.65. The molecule has 2 fully saturated rings. The van der Waals surface area contributed by atoms with Crippen LogP contribution in [0.4, 0.5) is 13.2 Å². The largest absolute Gasteiger partial charge is 0.391 e. The van der Waals surface area contributed by atoms with Crippen molar-refractivity contribution in [3.8, 4) is 0 Å². The van der Waals surface area contributed by atoms with Gasteiger partial charge in [0.2, 0.25) is 5.91 Å². The first-order chi connectivity index (χ1) is 8.73. The van der Waals surface area contributed by atoms with Gasteiger partial charge < -0.3 is 5.32 Å². The zero-order valence-electron chi connectivity index (χ0n) is 11.5. The van der Waals surface area contributed by atoms with Crippen molar-refractivity contribution >= 4 is 5.91 Å². The Morgan fingerprint density at radius 3 is 2.37 bits per heavy atom. The zero-order chi connectivity index (χ0) is 14.3. The van der Waals surface area contributed by atoms with Gasteiger partial charge in [-0.05, 0) is 43.4 Å². The van der Waals surface area contributed by atoms with Crippen molar-refractivity contribution in [1.82, 2.24) is 5.32 Å². The Balaban J connectivity index is 2.05. The second-order valence-electron chi connectivity index (χ2n) is 6.60. The molecule has 0 bridgehead atoms. The molecule has 1 atom stereocenters. The number of halogens is 3. The fourth-order valence-electron chi connectivity index (χ4n) is 3.67. The summed E-state index contributed by atoms with van der Waals surface area (Å²) in [5.41, 5.74) is -0.219. The van der Waals surface area contributed by atoms with Crippen LogP contribution in [-0.4, -0.2) is 18.1 Å². The van der Waals surface area contributed by atoms with E-state index in [1.807, 2.05) is 0 Å². The molecule has 2 aliphatic rings. The van der Waals surface area contributed by atoms with Crippen molar-refractivity contribution in [2.75, 3.05) is 0 Å². The Hall–Kier alpha value is -0.740. The molecule has 110 valence electrons. The number of carbonyl (C=O) groups excluding carboxylic acids is 1. The molecule has 0 aromatic carbocycles. The van der Waals surface area contributed by atoms with Crippen LogP contribution in [-0.2, 0) is 4.79 Å². The quantitative estimate of drug-likeness (QED) is 0.820. The Kier molecular flexibility index (Phi) is 3.85. The summed E-state index contributed by atoms with van der Waals surface area (Å²) in [6.45, 7) is 4.17. The maximum Gasteiger partial charge on any atom is 0.391 e. The standard InChI is InChI=1S/C14H22F3NO/c1-9(2)7-11-13(8-12(19)18-11)5-3-10(4-6-13)14(15,16)17/h9-11H,3-8H2,1-2H3,(H,18,19). The minimum absolute atomic E-state index is 0.0103. The van der Waals surface area contributed by atoms with Gasteiger partial charge in [-0.3, -0.25) is 4.79 Å². The third-order valence-corrected chi connectivity index (χ3v) is 4.74. The fourth-order valence-corrected chi connectivity index (χ4v) is 3.67. The molecule has 19 heavy (non-hydrogen) atoms. The van der Waals surface area contributed by atoms with Crippen LogP contribution < -0.4 is 5.32 Å². The molecule has 2 rings (SSSR count). The van der Waals surface area contributed by atoms with Gasteiger partial charge in [-0.25, -0.2) is 0 Å². The summed E-state index contributed by atoms with van der Waals surface area (Å²) >= 11 is 0. The van der Waals surface area contributed by atoms with Gasteiger partial charge in [0, 0.05) is 12.5 Å². The average molecular weight is 277 g/mol. The molecular weight excluding hydrogens is 255 g/mol. The molecule has 1 unspecified atom stereocenters. The number of rotatable bonds is 2. The SMILES string of the molecule is CC(C)CC1NC(=O)CC12CCC(C(F)(F)F)CC2. The Morgan fingerprint density at radius 2 is 1.89 bits per heavy atom. The van der Waals surface area contributed by atoms with E-state index in [-0.39, 0.29) is 30.2 Å². The van der Waals surface area contributed by atoms with Gasteiger partial charge in [-0.15, -0.1) is 0 Å². The molecule has 1 spiro atoms. The molecule has 0 aromatic rings. The highest BCUT2D eigenvalue weighted by Gasteiger charge is 2.52. The van der Waals surface area contributed by atoms with E-state index in [2.05, 4.69) is 19.2 Å². The molecule has 1 amide bonds. The average Bonchev–Trinajstić information content (AvgIpc) is 2.53. The number of hydrogen-bond acceptors (Lipinski definition) is 1.